The molecule has 0 saturated heterocycles. The van der Waals surface area contributed by atoms with E-state index in [-0.39, 0.29) is 30.5 Å². The van der Waals surface area contributed by atoms with Crippen LogP contribution in [0.2, 0.25) is 5.02 Å². The maximum absolute atomic E-state index is 12.6. The molecule has 1 N–H and O–H groups in total. The topological polar surface area (TPSA) is 40.5 Å². The van der Waals surface area contributed by atoms with Gasteiger partial charge in [0.2, 0.25) is 0 Å². The van der Waals surface area contributed by atoms with Crippen LogP contribution in [0.25, 0.3) is 0 Å². The van der Waals surface area contributed by atoms with Gasteiger partial charge in [0.15, 0.2) is 11.7 Å². The van der Waals surface area contributed by atoms with Gasteiger partial charge < -0.3 is 10.2 Å². The molecule has 4 nitrogen and oxygen atoms in total. The van der Waals surface area contributed by atoms with Crippen LogP contribution in [0.1, 0.15) is 16.3 Å². The van der Waals surface area contributed by atoms with E-state index in [0.29, 0.717) is 22.5 Å². The van der Waals surface area contributed by atoms with E-state index in [1.807, 2.05) is 30.1 Å². The van der Waals surface area contributed by atoms with Crippen LogP contribution in [0.4, 0.5) is 13.2 Å². The second-order valence-corrected chi connectivity index (χ2v) is 6.39. The minimum Gasteiger partial charge on any atom is -0.350 e. The molecular weight excluding hydrogens is 488 g/mol. The minimum atomic E-state index is -4.42. The van der Waals surface area contributed by atoms with Crippen LogP contribution in [0.15, 0.2) is 34.6 Å². The number of thiazole rings is 1. The number of hydrogen-bond donors (Lipinski definition) is 1. The molecule has 1 aromatic carbocycles. The fraction of sp³-hybridized carbons (Fsp3) is 0.333. The van der Waals surface area contributed by atoms with Crippen molar-refractivity contribution in [1.29, 1.82) is 0 Å². The van der Waals surface area contributed by atoms with E-state index in [2.05, 4.69) is 15.3 Å². The molecule has 2 aromatic rings. The van der Waals surface area contributed by atoms with Crippen LogP contribution in [0, 0.1) is 0 Å². The maximum Gasteiger partial charge on any atom is 0.434 e. The Morgan fingerprint density at radius 2 is 2.12 bits per heavy atom. The molecule has 1 heterocycles. The summed E-state index contributed by atoms with van der Waals surface area (Å²) in [6.07, 6.45) is -4.42. The molecule has 0 bridgehead atoms. The second-order valence-electron chi connectivity index (χ2n) is 5.01. The summed E-state index contributed by atoms with van der Waals surface area (Å²) in [6.45, 7) is 0.735. The Bertz CT molecular complexity index is 721. The van der Waals surface area contributed by atoms with Crippen molar-refractivity contribution in [1.82, 2.24) is 15.2 Å². The summed E-state index contributed by atoms with van der Waals surface area (Å²) in [6, 6.07) is 7.43. The number of aromatic nitrogens is 1. The maximum atomic E-state index is 12.6. The van der Waals surface area contributed by atoms with Gasteiger partial charge in [0.1, 0.15) is 5.01 Å². The van der Waals surface area contributed by atoms with Crippen molar-refractivity contribution < 1.29 is 13.2 Å². The highest BCUT2D eigenvalue weighted by atomic mass is 127. The third kappa shape index (κ3) is 6.63. The van der Waals surface area contributed by atoms with Crippen LogP contribution in [0.3, 0.4) is 0 Å². The van der Waals surface area contributed by atoms with Crippen LogP contribution in [-0.2, 0) is 19.3 Å². The summed E-state index contributed by atoms with van der Waals surface area (Å²) in [5.41, 5.74) is 0.133. The van der Waals surface area contributed by atoms with Crippen molar-refractivity contribution in [3.63, 3.8) is 0 Å². The number of benzene rings is 1. The summed E-state index contributed by atoms with van der Waals surface area (Å²) in [7, 11) is 3.44. The predicted octanol–water partition coefficient (Wildman–Crippen LogP) is 4.64. The van der Waals surface area contributed by atoms with Gasteiger partial charge in [-0.3, -0.25) is 4.99 Å². The first-order chi connectivity index (χ1) is 11.3. The average Bonchev–Trinajstić information content (AvgIpc) is 2.97. The molecule has 0 aliphatic rings. The molecule has 0 aliphatic carbocycles. The molecule has 25 heavy (non-hydrogen) atoms. The quantitative estimate of drug-likeness (QED) is 0.375. The van der Waals surface area contributed by atoms with E-state index in [1.54, 1.807) is 13.1 Å². The lowest BCUT2D eigenvalue weighted by molar-refractivity contribution is -0.140. The number of guanidine groups is 1. The standard InChI is InChI=1S/C15H16ClF3N4S.HI/c1-20-14(23(2)8-10-4-3-5-11(16)6-10)21-7-13-22-12(9-24-13)15(17,18)19;/h3-6,9H,7-8H2,1-2H3,(H,20,21);1H. The number of rotatable bonds is 4. The zero-order valence-corrected chi connectivity index (χ0v) is 17.4. The van der Waals surface area contributed by atoms with Gasteiger partial charge in [-0.15, -0.1) is 35.3 Å². The largest absolute Gasteiger partial charge is 0.434 e. The number of hydrogen-bond acceptors (Lipinski definition) is 3. The van der Waals surface area contributed by atoms with Crippen LogP contribution in [-0.4, -0.2) is 29.9 Å². The van der Waals surface area contributed by atoms with Gasteiger partial charge >= 0.3 is 6.18 Å². The van der Waals surface area contributed by atoms with Crippen LogP contribution >= 0.6 is 46.9 Å². The molecule has 0 saturated carbocycles. The Morgan fingerprint density at radius 3 is 2.68 bits per heavy atom. The van der Waals surface area contributed by atoms with Crippen molar-refractivity contribution >= 4 is 52.9 Å². The lowest BCUT2D eigenvalue weighted by Gasteiger charge is -2.22. The van der Waals surface area contributed by atoms with Crippen molar-refractivity contribution in [3.05, 3.63) is 50.9 Å². The fourth-order valence-electron chi connectivity index (χ4n) is 2.05. The fourth-order valence-corrected chi connectivity index (χ4v) is 3.00. The number of aliphatic imine (C=N–C) groups is 1. The first kappa shape index (κ1) is 22.0. The number of nitrogens with one attached hydrogen (secondary N) is 1. The number of alkyl halides is 3. The average molecular weight is 505 g/mol. The molecule has 10 heteroatoms. The Labute approximate surface area is 170 Å². The number of nitrogens with zero attached hydrogens (tertiary/aromatic N) is 3. The Hall–Kier alpha value is -1.07. The lowest BCUT2D eigenvalue weighted by Crippen LogP contribution is -2.38. The van der Waals surface area contributed by atoms with Gasteiger partial charge in [0.05, 0.1) is 6.54 Å². The summed E-state index contributed by atoms with van der Waals surface area (Å²) in [5, 5.41) is 5.01. The Morgan fingerprint density at radius 1 is 1.40 bits per heavy atom. The molecule has 0 radical (unpaired) electrons. The molecule has 0 fully saturated rings. The summed E-state index contributed by atoms with van der Waals surface area (Å²) in [5.74, 6) is 0.554. The smallest absolute Gasteiger partial charge is 0.350 e. The van der Waals surface area contributed by atoms with Crippen molar-refractivity contribution in [2.24, 2.45) is 4.99 Å². The van der Waals surface area contributed by atoms with Gasteiger partial charge in [0, 0.05) is 31.0 Å². The van der Waals surface area contributed by atoms with E-state index in [1.165, 1.54) is 0 Å². The number of halogens is 5. The van der Waals surface area contributed by atoms with Gasteiger partial charge in [-0.2, -0.15) is 13.2 Å². The molecule has 138 valence electrons. The monoisotopic (exact) mass is 504 g/mol. The van der Waals surface area contributed by atoms with Crippen LogP contribution < -0.4 is 5.32 Å². The third-order valence-electron chi connectivity index (χ3n) is 3.12. The van der Waals surface area contributed by atoms with E-state index in [9.17, 15) is 13.2 Å². The zero-order chi connectivity index (χ0) is 17.7. The molecule has 0 atom stereocenters. The van der Waals surface area contributed by atoms with E-state index in [4.69, 9.17) is 11.6 Å². The lowest BCUT2D eigenvalue weighted by atomic mass is 10.2. The van der Waals surface area contributed by atoms with E-state index >= 15 is 0 Å². The van der Waals surface area contributed by atoms with Crippen LogP contribution in [0.5, 0.6) is 0 Å². The third-order valence-corrected chi connectivity index (χ3v) is 4.21. The highest BCUT2D eigenvalue weighted by molar-refractivity contribution is 14.0. The predicted molar refractivity (Wildman–Crippen MR) is 106 cm³/mol. The van der Waals surface area contributed by atoms with Crippen molar-refractivity contribution in [3.8, 4) is 0 Å². The van der Waals surface area contributed by atoms with Gasteiger partial charge in [-0.25, -0.2) is 4.98 Å². The summed E-state index contributed by atoms with van der Waals surface area (Å²) >= 11 is 6.92. The van der Waals surface area contributed by atoms with Gasteiger partial charge in [-0.05, 0) is 17.7 Å². The summed E-state index contributed by atoms with van der Waals surface area (Å²) in [4.78, 5) is 9.56. The zero-order valence-electron chi connectivity index (χ0n) is 13.5. The molecule has 0 aliphatic heterocycles. The first-order valence-corrected chi connectivity index (χ1v) is 8.23. The van der Waals surface area contributed by atoms with Crippen molar-refractivity contribution in [2.45, 2.75) is 19.3 Å². The molecule has 2 rings (SSSR count). The molecule has 1 aromatic heterocycles. The molecular formula is C15H17ClF3IN4S. The van der Waals surface area contributed by atoms with E-state index < -0.39 is 11.9 Å². The minimum absolute atomic E-state index is 0. The Balaban J connectivity index is 0.00000312. The highest BCUT2D eigenvalue weighted by Crippen LogP contribution is 2.29. The molecule has 0 amide bonds. The molecule has 0 unspecified atom stereocenters. The van der Waals surface area contributed by atoms with Gasteiger partial charge in [0.25, 0.3) is 0 Å². The SMILES string of the molecule is CN=C(NCc1nc(C(F)(F)F)cs1)N(C)Cc1cccc(Cl)c1.I. The van der Waals surface area contributed by atoms with Gasteiger partial charge in [-0.1, -0.05) is 23.7 Å². The highest BCUT2D eigenvalue weighted by Gasteiger charge is 2.33. The normalized spacial score (nSPS) is 11.8. The summed E-state index contributed by atoms with van der Waals surface area (Å²) < 4.78 is 37.7. The Kier molecular flexibility index (Phi) is 8.42. The van der Waals surface area contributed by atoms with E-state index in [0.717, 1.165) is 22.3 Å². The second kappa shape index (κ2) is 9.58. The van der Waals surface area contributed by atoms with Crippen molar-refractivity contribution in [2.75, 3.05) is 14.1 Å². The first-order valence-electron chi connectivity index (χ1n) is 6.97. The molecule has 0 spiro atoms.